The topological polar surface area (TPSA) is 134 Å². The highest BCUT2D eigenvalue weighted by molar-refractivity contribution is 5.92. The number of fused-ring (bicyclic) bond motifs is 3. The summed E-state index contributed by atoms with van der Waals surface area (Å²) in [5.74, 6) is 3.59. The molecule has 0 radical (unpaired) electrons. The first kappa shape index (κ1) is 48.9. The summed E-state index contributed by atoms with van der Waals surface area (Å²) in [5, 5.41) is 10.3. The second kappa shape index (κ2) is 23.2. The molecule has 358 valence electrons. The molecule has 2 aromatic heterocycles. The number of amides is 2. The van der Waals surface area contributed by atoms with Crippen LogP contribution < -0.4 is 31.1 Å². The normalized spacial score (nSPS) is 21.0. The number of ether oxygens (including phenoxy) is 1. The van der Waals surface area contributed by atoms with Crippen molar-refractivity contribution >= 4 is 45.9 Å². The van der Waals surface area contributed by atoms with Gasteiger partial charge in [0.25, 0.3) is 5.56 Å². The second-order valence-corrected chi connectivity index (χ2v) is 20.8. The third kappa shape index (κ3) is 13.3. The third-order valence-electron chi connectivity index (χ3n) is 14.5. The molecule has 2 amide bonds. The van der Waals surface area contributed by atoms with E-state index in [0.717, 1.165) is 92.2 Å². The van der Waals surface area contributed by atoms with Crippen LogP contribution >= 0.6 is 0 Å². The maximum atomic E-state index is 13.4. The summed E-state index contributed by atoms with van der Waals surface area (Å²) in [4.78, 5) is 53.1. The summed E-state index contributed by atoms with van der Waals surface area (Å²) >= 11 is 0. The summed E-state index contributed by atoms with van der Waals surface area (Å²) in [6.45, 7) is 16.4. The molecule has 1 aliphatic heterocycles. The molecular weight excluding hydrogens is 825 g/mol. The van der Waals surface area contributed by atoms with E-state index in [0.29, 0.717) is 28.7 Å². The Bertz CT molecular complexity index is 2280. The Morgan fingerprint density at radius 1 is 0.848 bits per heavy atom. The molecule has 3 fully saturated rings. The van der Waals surface area contributed by atoms with Crippen molar-refractivity contribution in [3.63, 3.8) is 0 Å². The maximum absolute atomic E-state index is 13.4. The van der Waals surface area contributed by atoms with Crippen LogP contribution in [0, 0.1) is 36.0 Å². The number of hydrogen-bond donors (Lipinski definition) is 3. The quantitative estimate of drug-likeness (QED) is 0.0659. The highest BCUT2D eigenvalue weighted by atomic mass is 16.5. The number of carbonyl (C=O) groups excluding carboxylic acids is 2. The van der Waals surface area contributed by atoms with E-state index < -0.39 is 0 Å². The standard InChI is InChI=1S/C54H78N8O4/c1-38(2)52(65)57-43-18-17-19-45(32-43)62-50(64)30-40(4)46-37-56-53(59-51(46)62)58-47-21-20-44(33-48(47)66-6)61-26-24-60(25-27-61)23-16-14-12-10-8-7-9-11-13-15-22-55-49(63)36-54(5)34-41-28-39(3)29-42(31-41)35-54/h17-21,30,32-33,37-39,41-42H,7-16,22-29,31,34-36H2,1-6H3,(H,55,63)(H,57,65)(H,56,58,59). The van der Waals surface area contributed by atoms with Gasteiger partial charge in [-0.3, -0.25) is 23.9 Å². The molecule has 2 aliphatic carbocycles. The van der Waals surface area contributed by atoms with Gasteiger partial charge in [0.15, 0.2) is 5.65 Å². The van der Waals surface area contributed by atoms with Crippen LogP contribution in [0.3, 0.4) is 0 Å². The van der Waals surface area contributed by atoms with Crippen LogP contribution in [0.2, 0.25) is 0 Å². The molecule has 4 aromatic rings. The van der Waals surface area contributed by atoms with Crippen LogP contribution in [0.1, 0.15) is 136 Å². The lowest BCUT2D eigenvalue weighted by atomic mass is 9.58. The van der Waals surface area contributed by atoms with E-state index in [9.17, 15) is 14.4 Å². The first-order valence-electron chi connectivity index (χ1n) is 25.4. The third-order valence-corrected chi connectivity index (χ3v) is 14.5. The van der Waals surface area contributed by atoms with E-state index in [-0.39, 0.29) is 28.7 Å². The molecule has 2 unspecified atom stereocenters. The lowest BCUT2D eigenvalue weighted by Gasteiger charge is -2.47. The van der Waals surface area contributed by atoms with Crippen molar-refractivity contribution in [1.82, 2.24) is 24.8 Å². The van der Waals surface area contributed by atoms with Crippen LogP contribution in [0.4, 0.5) is 23.0 Å². The Hall–Kier alpha value is -4.97. The van der Waals surface area contributed by atoms with Crippen molar-refractivity contribution < 1.29 is 14.3 Å². The van der Waals surface area contributed by atoms with Crippen molar-refractivity contribution in [2.24, 2.45) is 29.1 Å². The minimum atomic E-state index is -0.225. The number of nitrogens with zero attached hydrogens (tertiary/aromatic N) is 5. The molecule has 12 nitrogen and oxygen atoms in total. The first-order valence-corrected chi connectivity index (χ1v) is 25.4. The number of unbranched alkanes of at least 4 members (excludes halogenated alkanes) is 9. The SMILES string of the molecule is COc1cc(N2CCN(CCCCCCCCCCCCNC(=O)CC3(C)CC4CC(C)CC(C4)C3)CC2)ccc1Nc1ncc2c(C)cc(=O)n(-c3cccc(NC(=O)C(C)C)c3)c2n1. The van der Waals surface area contributed by atoms with E-state index in [2.05, 4.69) is 56.7 Å². The van der Waals surface area contributed by atoms with E-state index in [1.807, 2.05) is 45.0 Å². The minimum absolute atomic E-state index is 0.0974. The number of anilines is 4. The van der Waals surface area contributed by atoms with Gasteiger partial charge in [0.2, 0.25) is 17.8 Å². The molecule has 2 bridgehead atoms. The van der Waals surface area contributed by atoms with Gasteiger partial charge >= 0.3 is 0 Å². The van der Waals surface area contributed by atoms with Crippen molar-refractivity contribution in [1.29, 1.82) is 0 Å². The zero-order chi connectivity index (χ0) is 46.6. The maximum Gasteiger partial charge on any atom is 0.257 e. The molecule has 12 heteroatoms. The summed E-state index contributed by atoms with van der Waals surface area (Å²) in [6.07, 6.45) is 21.9. The molecule has 2 saturated carbocycles. The van der Waals surface area contributed by atoms with Gasteiger partial charge < -0.3 is 25.6 Å². The van der Waals surface area contributed by atoms with Gasteiger partial charge in [-0.15, -0.1) is 0 Å². The highest BCUT2D eigenvalue weighted by Crippen LogP contribution is 2.51. The number of benzene rings is 2. The number of carbonyl (C=O) groups is 2. The zero-order valence-electron chi connectivity index (χ0n) is 40.9. The average Bonchev–Trinajstić information content (AvgIpc) is 3.27. The molecule has 7 rings (SSSR count). The van der Waals surface area contributed by atoms with Gasteiger partial charge in [0.05, 0.1) is 18.5 Å². The number of rotatable bonds is 22. The van der Waals surface area contributed by atoms with Gasteiger partial charge in [-0.2, -0.15) is 4.98 Å². The molecule has 3 aliphatic rings. The Balaban J connectivity index is 0.776. The van der Waals surface area contributed by atoms with Crippen molar-refractivity contribution in [2.75, 3.05) is 61.9 Å². The second-order valence-electron chi connectivity index (χ2n) is 20.8. The van der Waals surface area contributed by atoms with Gasteiger partial charge in [-0.25, -0.2) is 4.98 Å². The monoisotopic (exact) mass is 903 g/mol. The predicted molar refractivity (Wildman–Crippen MR) is 269 cm³/mol. The smallest absolute Gasteiger partial charge is 0.257 e. The Morgan fingerprint density at radius 3 is 2.21 bits per heavy atom. The Labute approximate surface area is 394 Å². The van der Waals surface area contributed by atoms with Crippen molar-refractivity contribution in [3.05, 3.63) is 70.6 Å². The van der Waals surface area contributed by atoms with E-state index in [4.69, 9.17) is 9.72 Å². The average molecular weight is 903 g/mol. The van der Waals surface area contributed by atoms with Crippen LogP contribution in [0.15, 0.2) is 59.5 Å². The van der Waals surface area contributed by atoms with Crippen LogP contribution in [0.25, 0.3) is 16.7 Å². The van der Waals surface area contributed by atoms with E-state index in [1.165, 1.54) is 89.9 Å². The number of aromatic nitrogens is 3. The first-order chi connectivity index (χ1) is 31.9. The van der Waals surface area contributed by atoms with Crippen molar-refractivity contribution in [2.45, 2.75) is 137 Å². The molecule has 1 saturated heterocycles. The lowest BCUT2D eigenvalue weighted by molar-refractivity contribution is -0.124. The number of hydrogen-bond acceptors (Lipinski definition) is 9. The van der Waals surface area contributed by atoms with Crippen LogP contribution in [0.5, 0.6) is 5.75 Å². The highest BCUT2D eigenvalue weighted by Gasteiger charge is 2.41. The van der Waals surface area contributed by atoms with Gasteiger partial charge in [-0.1, -0.05) is 85.1 Å². The number of methoxy groups -OCH3 is 1. The molecule has 2 aromatic carbocycles. The van der Waals surface area contributed by atoms with Crippen LogP contribution in [-0.2, 0) is 9.59 Å². The van der Waals surface area contributed by atoms with Gasteiger partial charge in [-0.05, 0) is 117 Å². The number of aryl methyl sites for hydroxylation is 1. The van der Waals surface area contributed by atoms with Crippen LogP contribution in [-0.4, -0.2) is 77.6 Å². The van der Waals surface area contributed by atoms with Crippen molar-refractivity contribution in [3.8, 4) is 11.4 Å². The van der Waals surface area contributed by atoms with E-state index >= 15 is 0 Å². The van der Waals surface area contributed by atoms with Gasteiger partial charge in [0.1, 0.15) is 5.75 Å². The Kier molecular flexibility index (Phi) is 17.2. The largest absolute Gasteiger partial charge is 0.494 e. The summed E-state index contributed by atoms with van der Waals surface area (Å²) in [6, 6.07) is 15.0. The fourth-order valence-electron chi connectivity index (χ4n) is 11.3. The molecule has 2 atom stereocenters. The fraction of sp³-hybridized carbons (Fsp3) is 0.611. The molecule has 66 heavy (non-hydrogen) atoms. The molecule has 0 spiro atoms. The molecular formula is C54H78N8O4. The predicted octanol–water partition coefficient (Wildman–Crippen LogP) is 10.8. The summed E-state index contributed by atoms with van der Waals surface area (Å²) in [7, 11) is 1.67. The summed E-state index contributed by atoms with van der Waals surface area (Å²) < 4.78 is 7.41. The Morgan fingerprint density at radius 2 is 1.53 bits per heavy atom. The molecule has 3 heterocycles. The number of nitrogens with one attached hydrogen (secondary N) is 3. The molecule has 3 N–H and O–H groups in total. The number of pyridine rings is 1. The summed E-state index contributed by atoms with van der Waals surface area (Å²) in [5.41, 5.74) is 4.28. The zero-order valence-corrected chi connectivity index (χ0v) is 40.9. The fourth-order valence-corrected chi connectivity index (χ4v) is 11.3. The van der Waals surface area contributed by atoms with Gasteiger partial charge in [0, 0.05) is 80.2 Å². The lowest BCUT2D eigenvalue weighted by Crippen LogP contribution is -2.46. The minimum Gasteiger partial charge on any atom is -0.494 e. The van der Waals surface area contributed by atoms with E-state index in [1.54, 1.807) is 30.0 Å². The number of piperazine rings is 1.